The van der Waals surface area contributed by atoms with Crippen LogP contribution in [0.2, 0.25) is 5.15 Å². The number of urea groups is 1. The molecular formula is C24H28ClN9O3. The van der Waals surface area contributed by atoms with Crippen LogP contribution in [0.15, 0.2) is 36.2 Å². The highest BCUT2D eigenvalue weighted by molar-refractivity contribution is 6.31. The van der Waals surface area contributed by atoms with Crippen LogP contribution in [-0.2, 0) is 11.2 Å². The Morgan fingerprint density at radius 1 is 1.05 bits per heavy atom. The highest BCUT2D eigenvalue weighted by Gasteiger charge is 2.40. The third kappa shape index (κ3) is 5.10. The van der Waals surface area contributed by atoms with Gasteiger partial charge in [-0.3, -0.25) is 14.5 Å². The number of nitrogen functional groups attached to an aromatic ring is 2. The number of amides is 3. The van der Waals surface area contributed by atoms with Gasteiger partial charge in [0.15, 0.2) is 22.5 Å². The number of carbonyl (C=O) groups excluding carboxylic acids is 3. The third-order valence-electron chi connectivity index (χ3n) is 6.96. The second-order valence-corrected chi connectivity index (χ2v) is 9.78. The highest BCUT2D eigenvalue weighted by Crippen LogP contribution is 2.27. The van der Waals surface area contributed by atoms with Crippen LogP contribution in [0.3, 0.4) is 0 Å². The molecule has 0 atom stereocenters. The molecule has 3 aliphatic rings. The van der Waals surface area contributed by atoms with Crippen molar-refractivity contribution >= 4 is 46.6 Å². The van der Waals surface area contributed by atoms with E-state index in [1.54, 1.807) is 4.90 Å². The van der Waals surface area contributed by atoms with Crippen LogP contribution in [0.1, 0.15) is 28.9 Å². The molecule has 3 amide bonds. The number of halogens is 1. The predicted octanol–water partition coefficient (Wildman–Crippen LogP) is 0.645. The van der Waals surface area contributed by atoms with Crippen LogP contribution in [0, 0.1) is 0 Å². The minimum absolute atomic E-state index is 0.0334. The van der Waals surface area contributed by atoms with E-state index in [1.165, 1.54) is 6.08 Å². The Morgan fingerprint density at radius 2 is 1.78 bits per heavy atom. The number of likely N-dealkylation sites (tertiary alicyclic amines) is 1. The first-order valence-corrected chi connectivity index (χ1v) is 12.4. The summed E-state index contributed by atoms with van der Waals surface area (Å²) < 4.78 is 0. The van der Waals surface area contributed by atoms with Gasteiger partial charge in [0, 0.05) is 44.5 Å². The molecule has 1 aromatic carbocycles. The predicted molar refractivity (Wildman–Crippen MR) is 139 cm³/mol. The number of nitrogens with one attached hydrogen (secondary N) is 3. The number of carbonyl (C=O) groups is 3. The molecular weight excluding hydrogens is 498 g/mol. The van der Waals surface area contributed by atoms with Crippen molar-refractivity contribution < 1.29 is 14.4 Å². The van der Waals surface area contributed by atoms with Crippen molar-refractivity contribution in [3.63, 3.8) is 0 Å². The average Bonchev–Trinajstić information content (AvgIpc) is 3.48. The number of allylic oxidation sites excluding steroid dienone is 1. The van der Waals surface area contributed by atoms with Crippen molar-refractivity contribution in [1.29, 1.82) is 0 Å². The number of piperidine rings is 1. The lowest BCUT2D eigenvalue weighted by atomic mass is 9.88. The zero-order valence-corrected chi connectivity index (χ0v) is 20.8. The largest absolute Gasteiger partial charge is 0.382 e. The summed E-state index contributed by atoms with van der Waals surface area (Å²) in [6.07, 6.45) is 3.15. The summed E-state index contributed by atoms with van der Waals surface area (Å²) in [6, 6.07) is 7.44. The molecule has 3 aliphatic heterocycles. The van der Waals surface area contributed by atoms with Crippen LogP contribution >= 0.6 is 11.6 Å². The van der Waals surface area contributed by atoms with Gasteiger partial charge < -0.3 is 32.3 Å². The zero-order chi connectivity index (χ0) is 26.2. The van der Waals surface area contributed by atoms with Crippen LogP contribution < -0.4 is 32.3 Å². The second kappa shape index (κ2) is 9.77. The summed E-state index contributed by atoms with van der Waals surface area (Å²) in [7, 11) is 0. The summed E-state index contributed by atoms with van der Waals surface area (Å²) in [5.41, 5.74) is 12.8. The van der Waals surface area contributed by atoms with Gasteiger partial charge in [-0.15, -0.1) is 0 Å². The summed E-state index contributed by atoms with van der Waals surface area (Å²) in [5.74, 6) is 0.0645. The van der Waals surface area contributed by atoms with Crippen LogP contribution in [0.25, 0.3) is 0 Å². The number of ketones is 1. The molecule has 0 unspecified atom stereocenters. The number of rotatable bonds is 5. The van der Waals surface area contributed by atoms with E-state index in [0.717, 1.165) is 24.1 Å². The average molecular weight is 526 g/mol. The number of benzene rings is 1. The van der Waals surface area contributed by atoms with E-state index in [2.05, 4.69) is 25.9 Å². The molecule has 7 N–H and O–H groups in total. The minimum Gasteiger partial charge on any atom is -0.382 e. The number of hydrogen-bond donors (Lipinski definition) is 5. The molecule has 0 saturated carbocycles. The Labute approximate surface area is 218 Å². The Kier molecular flexibility index (Phi) is 6.50. The molecule has 1 spiro atoms. The number of nitrogens with two attached hydrogens (primary N) is 2. The molecule has 0 radical (unpaired) electrons. The van der Waals surface area contributed by atoms with Gasteiger partial charge in [0.25, 0.3) is 0 Å². The molecule has 37 heavy (non-hydrogen) atoms. The fourth-order valence-electron chi connectivity index (χ4n) is 4.83. The van der Waals surface area contributed by atoms with Gasteiger partial charge in [0.2, 0.25) is 11.7 Å². The van der Waals surface area contributed by atoms with Gasteiger partial charge in [-0.25, -0.2) is 14.8 Å². The van der Waals surface area contributed by atoms with Gasteiger partial charge in [-0.2, -0.15) is 0 Å². The number of aromatic nitrogens is 2. The Balaban J connectivity index is 1.15. The first kappa shape index (κ1) is 24.6. The minimum atomic E-state index is -0.442. The molecule has 1 aromatic heterocycles. The van der Waals surface area contributed by atoms with Crippen molar-refractivity contribution in [2.45, 2.75) is 24.8 Å². The third-order valence-corrected chi connectivity index (χ3v) is 7.24. The van der Waals surface area contributed by atoms with E-state index < -0.39 is 5.78 Å². The molecule has 194 valence electrons. The lowest BCUT2D eigenvalue weighted by Gasteiger charge is -2.39. The SMILES string of the molecule is Nc1nc(N)c(C(=O)/C=C2\NCC3(CCN(C(=O)Cc4ccc(N5CCNC5=O)cc4)CC3)N2)nc1Cl. The van der Waals surface area contributed by atoms with E-state index in [0.29, 0.717) is 45.0 Å². The smallest absolute Gasteiger partial charge is 0.321 e. The Hall–Kier alpha value is -4.06. The summed E-state index contributed by atoms with van der Waals surface area (Å²) in [4.78, 5) is 48.8. The van der Waals surface area contributed by atoms with E-state index in [4.69, 9.17) is 23.1 Å². The lowest BCUT2D eigenvalue weighted by Crippen LogP contribution is -2.53. The second-order valence-electron chi connectivity index (χ2n) is 9.42. The van der Waals surface area contributed by atoms with Gasteiger partial charge in [-0.1, -0.05) is 23.7 Å². The topological polar surface area (TPSA) is 172 Å². The molecule has 0 aliphatic carbocycles. The fraction of sp³-hybridized carbons (Fsp3) is 0.375. The molecule has 3 fully saturated rings. The monoisotopic (exact) mass is 525 g/mol. The maximum absolute atomic E-state index is 12.9. The molecule has 2 aromatic rings. The molecule has 13 heteroatoms. The number of nitrogens with zero attached hydrogens (tertiary/aromatic N) is 4. The Morgan fingerprint density at radius 3 is 2.46 bits per heavy atom. The van der Waals surface area contributed by atoms with Crippen molar-refractivity contribution in [1.82, 2.24) is 30.8 Å². The molecule has 5 rings (SSSR count). The molecule has 12 nitrogen and oxygen atoms in total. The van der Waals surface area contributed by atoms with E-state index >= 15 is 0 Å². The number of hydrogen-bond acceptors (Lipinski definition) is 9. The standard InChI is InChI=1S/C24H28ClN9O3/c25-20-22(27)31-21(26)19(30-20)16(35)12-17-29-13-24(32-17)5-8-33(9-6-24)18(36)11-14-1-3-15(4-2-14)34-10-7-28-23(34)37/h1-4,12,29,32H,5-11,13H2,(H,28,37)(H4,26,27,31)/b17-12+. The first-order valence-electron chi connectivity index (χ1n) is 12.0. The van der Waals surface area contributed by atoms with Crippen molar-refractivity contribution in [2.75, 3.05) is 49.1 Å². The molecule has 4 heterocycles. The van der Waals surface area contributed by atoms with Crippen LogP contribution in [0.5, 0.6) is 0 Å². The highest BCUT2D eigenvalue weighted by atomic mass is 35.5. The van der Waals surface area contributed by atoms with Crippen LogP contribution in [0.4, 0.5) is 22.1 Å². The van der Waals surface area contributed by atoms with E-state index in [9.17, 15) is 14.4 Å². The Bertz CT molecular complexity index is 1270. The fourth-order valence-corrected chi connectivity index (χ4v) is 4.96. The normalized spacial score (nSPS) is 19.6. The summed E-state index contributed by atoms with van der Waals surface area (Å²) >= 11 is 5.89. The van der Waals surface area contributed by atoms with E-state index in [-0.39, 0.29) is 40.0 Å². The summed E-state index contributed by atoms with van der Waals surface area (Å²) in [5, 5.41) is 9.33. The first-order chi connectivity index (χ1) is 17.7. The van der Waals surface area contributed by atoms with Gasteiger partial charge >= 0.3 is 6.03 Å². The summed E-state index contributed by atoms with van der Waals surface area (Å²) in [6.45, 7) is 3.11. The van der Waals surface area contributed by atoms with Crippen molar-refractivity contribution in [2.24, 2.45) is 0 Å². The maximum atomic E-state index is 12.9. The van der Waals surface area contributed by atoms with Crippen molar-refractivity contribution in [3.05, 3.63) is 52.6 Å². The quantitative estimate of drug-likeness (QED) is 0.277. The maximum Gasteiger partial charge on any atom is 0.321 e. The zero-order valence-electron chi connectivity index (χ0n) is 20.1. The number of anilines is 3. The van der Waals surface area contributed by atoms with E-state index in [1.807, 2.05) is 29.2 Å². The lowest BCUT2D eigenvalue weighted by molar-refractivity contribution is -0.132. The van der Waals surface area contributed by atoms with Crippen molar-refractivity contribution in [3.8, 4) is 0 Å². The van der Waals surface area contributed by atoms with Gasteiger partial charge in [-0.05, 0) is 30.5 Å². The van der Waals surface area contributed by atoms with Gasteiger partial charge in [0.1, 0.15) is 5.82 Å². The van der Waals surface area contributed by atoms with Gasteiger partial charge in [0.05, 0.1) is 12.0 Å². The molecule has 3 saturated heterocycles. The van der Waals surface area contributed by atoms with Crippen LogP contribution in [-0.4, -0.2) is 70.9 Å². The molecule has 0 bridgehead atoms.